The number of nitrogens with one attached hydrogen (secondary N) is 1. The van der Waals surface area contributed by atoms with Gasteiger partial charge in [0.1, 0.15) is 5.75 Å². The quantitative estimate of drug-likeness (QED) is 0.703. The number of aliphatic hydroxyl groups excluding tert-OH is 2. The number of benzene rings is 1. The van der Waals surface area contributed by atoms with Crippen LogP contribution >= 0.6 is 0 Å². The predicted molar refractivity (Wildman–Crippen MR) is 65.2 cm³/mol. The van der Waals surface area contributed by atoms with E-state index in [1.807, 2.05) is 19.1 Å². The van der Waals surface area contributed by atoms with Crippen LogP contribution in [0.15, 0.2) is 18.2 Å². The molecule has 17 heavy (non-hydrogen) atoms. The van der Waals surface area contributed by atoms with Gasteiger partial charge in [-0.05, 0) is 24.1 Å². The Morgan fingerprint density at radius 1 is 1.47 bits per heavy atom. The Balaban J connectivity index is 1.97. The molecule has 0 aliphatic carbocycles. The standard InChI is InChI=1S/C13H19NO3/c1-9(14-7-12(16)8-15)10-2-3-13-11(6-10)4-5-17-13/h2-3,6,9,12,14-16H,4-5,7-8H2,1H3. The normalized spacial score (nSPS) is 17.4. The summed E-state index contributed by atoms with van der Waals surface area (Å²) in [4.78, 5) is 0. The van der Waals surface area contributed by atoms with Crippen molar-refractivity contribution in [2.24, 2.45) is 0 Å². The number of hydrogen-bond acceptors (Lipinski definition) is 4. The van der Waals surface area contributed by atoms with Gasteiger partial charge >= 0.3 is 0 Å². The van der Waals surface area contributed by atoms with E-state index in [-0.39, 0.29) is 12.6 Å². The number of rotatable bonds is 5. The maximum absolute atomic E-state index is 9.28. The molecule has 4 nitrogen and oxygen atoms in total. The van der Waals surface area contributed by atoms with Crippen molar-refractivity contribution in [3.63, 3.8) is 0 Å². The Labute approximate surface area is 101 Å². The topological polar surface area (TPSA) is 61.7 Å². The van der Waals surface area contributed by atoms with E-state index in [1.54, 1.807) is 0 Å². The summed E-state index contributed by atoms with van der Waals surface area (Å²) in [7, 11) is 0. The van der Waals surface area contributed by atoms with Crippen molar-refractivity contribution in [2.75, 3.05) is 19.8 Å². The van der Waals surface area contributed by atoms with E-state index >= 15 is 0 Å². The number of ether oxygens (including phenoxy) is 1. The maximum atomic E-state index is 9.28. The van der Waals surface area contributed by atoms with Crippen LogP contribution in [0.2, 0.25) is 0 Å². The predicted octanol–water partition coefficient (Wildman–Crippen LogP) is 0.625. The molecule has 0 aromatic heterocycles. The SMILES string of the molecule is CC(NCC(O)CO)c1ccc2c(c1)CCO2. The van der Waals surface area contributed by atoms with Crippen molar-refractivity contribution < 1.29 is 14.9 Å². The van der Waals surface area contributed by atoms with E-state index < -0.39 is 6.10 Å². The van der Waals surface area contributed by atoms with Crippen molar-refractivity contribution >= 4 is 0 Å². The first-order valence-electron chi connectivity index (χ1n) is 5.98. The minimum Gasteiger partial charge on any atom is -0.493 e. The second-order valence-electron chi connectivity index (χ2n) is 4.43. The Morgan fingerprint density at radius 3 is 3.06 bits per heavy atom. The van der Waals surface area contributed by atoms with Gasteiger partial charge in [0, 0.05) is 19.0 Å². The van der Waals surface area contributed by atoms with Crippen molar-refractivity contribution in [1.29, 1.82) is 0 Å². The lowest BCUT2D eigenvalue weighted by atomic mass is 10.0. The highest BCUT2D eigenvalue weighted by Crippen LogP contribution is 2.27. The Morgan fingerprint density at radius 2 is 2.29 bits per heavy atom. The molecule has 3 N–H and O–H groups in total. The molecule has 2 atom stereocenters. The molecule has 1 heterocycles. The average Bonchev–Trinajstić information content (AvgIpc) is 2.82. The number of hydrogen-bond donors (Lipinski definition) is 3. The lowest BCUT2D eigenvalue weighted by Crippen LogP contribution is -2.31. The fourth-order valence-corrected chi connectivity index (χ4v) is 1.97. The van der Waals surface area contributed by atoms with E-state index in [0.717, 1.165) is 18.8 Å². The van der Waals surface area contributed by atoms with Crippen molar-refractivity contribution in [3.8, 4) is 5.75 Å². The Kier molecular flexibility index (Phi) is 3.99. The van der Waals surface area contributed by atoms with Gasteiger partial charge in [-0.1, -0.05) is 12.1 Å². The summed E-state index contributed by atoms with van der Waals surface area (Å²) in [6.45, 7) is 2.99. The van der Waals surface area contributed by atoms with Gasteiger partial charge in [0.2, 0.25) is 0 Å². The molecule has 0 radical (unpaired) electrons. The molecule has 0 amide bonds. The molecule has 0 fully saturated rings. The van der Waals surface area contributed by atoms with Crippen LogP contribution in [0, 0.1) is 0 Å². The summed E-state index contributed by atoms with van der Waals surface area (Å²) in [5.41, 5.74) is 2.43. The summed E-state index contributed by atoms with van der Waals surface area (Å²) in [5, 5.41) is 21.2. The number of fused-ring (bicyclic) bond motifs is 1. The van der Waals surface area contributed by atoms with Crippen LogP contribution in [0.5, 0.6) is 5.75 Å². The monoisotopic (exact) mass is 237 g/mol. The first kappa shape index (κ1) is 12.4. The summed E-state index contributed by atoms with van der Waals surface area (Å²) >= 11 is 0. The van der Waals surface area contributed by atoms with E-state index in [2.05, 4.69) is 11.4 Å². The van der Waals surface area contributed by atoms with Crippen LogP contribution in [-0.2, 0) is 6.42 Å². The van der Waals surface area contributed by atoms with Crippen LogP contribution in [0.25, 0.3) is 0 Å². The summed E-state index contributed by atoms with van der Waals surface area (Å²) < 4.78 is 5.46. The molecule has 0 bridgehead atoms. The summed E-state index contributed by atoms with van der Waals surface area (Å²) in [6, 6.07) is 6.33. The van der Waals surface area contributed by atoms with Gasteiger partial charge in [0.25, 0.3) is 0 Å². The lowest BCUT2D eigenvalue weighted by Gasteiger charge is -2.17. The molecular formula is C13H19NO3. The van der Waals surface area contributed by atoms with E-state index in [0.29, 0.717) is 6.54 Å². The third-order valence-electron chi connectivity index (χ3n) is 3.08. The average molecular weight is 237 g/mol. The van der Waals surface area contributed by atoms with Crippen LogP contribution in [0.3, 0.4) is 0 Å². The Bertz CT molecular complexity index is 381. The van der Waals surface area contributed by atoms with Gasteiger partial charge in [0.15, 0.2) is 0 Å². The third kappa shape index (κ3) is 2.97. The zero-order chi connectivity index (χ0) is 12.3. The fraction of sp³-hybridized carbons (Fsp3) is 0.538. The molecule has 94 valence electrons. The highest BCUT2D eigenvalue weighted by atomic mass is 16.5. The second-order valence-corrected chi connectivity index (χ2v) is 4.43. The molecule has 1 aromatic carbocycles. The molecule has 1 aliphatic rings. The lowest BCUT2D eigenvalue weighted by molar-refractivity contribution is 0.0924. The summed E-state index contributed by atoms with van der Waals surface area (Å²) in [6.07, 6.45) is 0.269. The molecule has 2 unspecified atom stereocenters. The van der Waals surface area contributed by atoms with Gasteiger partial charge in [-0.25, -0.2) is 0 Å². The van der Waals surface area contributed by atoms with Gasteiger partial charge in [-0.15, -0.1) is 0 Å². The highest BCUT2D eigenvalue weighted by molar-refractivity contribution is 5.40. The smallest absolute Gasteiger partial charge is 0.122 e. The van der Waals surface area contributed by atoms with Crippen LogP contribution < -0.4 is 10.1 Å². The molecular weight excluding hydrogens is 218 g/mol. The van der Waals surface area contributed by atoms with E-state index in [9.17, 15) is 5.11 Å². The zero-order valence-electron chi connectivity index (χ0n) is 10.0. The molecule has 1 aliphatic heterocycles. The van der Waals surface area contributed by atoms with E-state index in [4.69, 9.17) is 9.84 Å². The van der Waals surface area contributed by atoms with Gasteiger partial charge in [0.05, 0.1) is 19.3 Å². The molecule has 0 saturated heterocycles. The van der Waals surface area contributed by atoms with Crippen LogP contribution in [-0.4, -0.2) is 36.1 Å². The molecule has 0 spiro atoms. The second kappa shape index (κ2) is 5.49. The molecule has 4 heteroatoms. The van der Waals surface area contributed by atoms with Crippen molar-refractivity contribution in [2.45, 2.75) is 25.5 Å². The fourth-order valence-electron chi connectivity index (χ4n) is 1.97. The molecule has 2 rings (SSSR count). The zero-order valence-corrected chi connectivity index (χ0v) is 10.0. The van der Waals surface area contributed by atoms with Crippen LogP contribution in [0.4, 0.5) is 0 Å². The highest BCUT2D eigenvalue weighted by Gasteiger charge is 2.14. The maximum Gasteiger partial charge on any atom is 0.122 e. The minimum atomic E-state index is -0.699. The summed E-state index contributed by atoms with van der Waals surface area (Å²) in [5.74, 6) is 0.983. The van der Waals surface area contributed by atoms with Gasteiger partial charge < -0.3 is 20.3 Å². The van der Waals surface area contributed by atoms with Crippen molar-refractivity contribution in [1.82, 2.24) is 5.32 Å². The molecule has 1 aromatic rings. The third-order valence-corrected chi connectivity index (χ3v) is 3.08. The molecule has 0 saturated carbocycles. The first-order valence-corrected chi connectivity index (χ1v) is 5.98. The first-order chi connectivity index (χ1) is 8.20. The van der Waals surface area contributed by atoms with Crippen LogP contribution in [0.1, 0.15) is 24.1 Å². The largest absolute Gasteiger partial charge is 0.493 e. The Hall–Kier alpha value is -1.10. The minimum absolute atomic E-state index is 0.155. The van der Waals surface area contributed by atoms with Gasteiger partial charge in [-0.2, -0.15) is 0 Å². The van der Waals surface area contributed by atoms with E-state index in [1.165, 1.54) is 11.1 Å². The number of aliphatic hydroxyl groups is 2. The van der Waals surface area contributed by atoms with Gasteiger partial charge in [-0.3, -0.25) is 0 Å². The van der Waals surface area contributed by atoms with Crippen molar-refractivity contribution in [3.05, 3.63) is 29.3 Å².